The van der Waals surface area contributed by atoms with Crippen molar-refractivity contribution >= 4 is 63.9 Å². The molecule has 5 amide bonds. The van der Waals surface area contributed by atoms with Crippen molar-refractivity contribution in [3.05, 3.63) is 76.1 Å². The number of benzene rings is 2. The number of halogens is 2. The van der Waals surface area contributed by atoms with Gasteiger partial charge in [-0.25, -0.2) is 8.78 Å². The zero-order chi connectivity index (χ0) is 47.6. The van der Waals surface area contributed by atoms with Crippen molar-refractivity contribution in [2.24, 2.45) is 0 Å². The molecule has 0 bridgehead atoms. The number of hydrogen-bond donors (Lipinski definition) is 7. The maximum absolute atomic E-state index is 14.6. The van der Waals surface area contributed by atoms with E-state index in [1.54, 1.807) is 41.2 Å². The van der Waals surface area contributed by atoms with Crippen LogP contribution >= 0.6 is 0 Å². The normalized spacial score (nSPS) is 18.4. The van der Waals surface area contributed by atoms with E-state index >= 15 is 0 Å². The van der Waals surface area contributed by atoms with Crippen LogP contribution < -0.4 is 31.5 Å². The molecule has 18 heteroatoms. The number of hydrogen-bond acceptors (Lipinski definition) is 11. The van der Waals surface area contributed by atoms with Crippen molar-refractivity contribution < 1.29 is 32.8 Å². The number of amidine groups is 1. The summed E-state index contributed by atoms with van der Waals surface area (Å²) in [4.78, 5) is 72.7. The van der Waals surface area contributed by atoms with E-state index in [4.69, 9.17) is 5.41 Å². The number of carbonyl (C=O) groups excluding carboxylic acids is 5. The third kappa shape index (κ3) is 11.6. The van der Waals surface area contributed by atoms with Crippen LogP contribution in [0.4, 0.5) is 20.2 Å². The van der Waals surface area contributed by atoms with Crippen LogP contribution in [0.2, 0.25) is 0 Å². The lowest BCUT2D eigenvalue weighted by molar-refractivity contribution is -0.135. The highest BCUT2D eigenvalue weighted by Crippen LogP contribution is 2.38. The molecule has 2 unspecified atom stereocenters. The fraction of sp³-hybridized carbons (Fsp3) is 0.510. The largest absolute Gasteiger partial charge is 0.385 e. The number of likely N-dealkylation sites (tertiary alicyclic amines) is 1. The molecule has 3 aromatic rings. The van der Waals surface area contributed by atoms with Gasteiger partial charge in [-0.2, -0.15) is 0 Å². The van der Waals surface area contributed by atoms with Crippen LogP contribution in [0.1, 0.15) is 117 Å². The molecule has 0 spiro atoms. The molecule has 0 radical (unpaired) electrons. The van der Waals surface area contributed by atoms with Crippen LogP contribution in [0.25, 0.3) is 10.9 Å². The Bertz CT molecular complexity index is 2400. The average molecular weight is 924 g/mol. The van der Waals surface area contributed by atoms with Crippen LogP contribution in [0.5, 0.6) is 0 Å². The summed E-state index contributed by atoms with van der Waals surface area (Å²) in [5.74, 6) is -1.55. The molecule has 2 fully saturated rings. The Hall–Kier alpha value is -6.30. The number of amides is 5. The Labute approximate surface area is 390 Å². The fourth-order valence-corrected chi connectivity index (χ4v) is 9.69. The molecule has 358 valence electrons. The number of nitrogens with one attached hydrogen (secondary N) is 7. The van der Waals surface area contributed by atoms with E-state index in [9.17, 15) is 38.2 Å². The van der Waals surface area contributed by atoms with E-state index in [0.29, 0.717) is 86.4 Å². The Balaban J connectivity index is 0.883. The Morgan fingerprint density at radius 2 is 1.75 bits per heavy atom. The van der Waals surface area contributed by atoms with Gasteiger partial charge >= 0.3 is 0 Å². The van der Waals surface area contributed by atoms with Gasteiger partial charge in [0.2, 0.25) is 23.6 Å². The van der Waals surface area contributed by atoms with Gasteiger partial charge in [-0.1, -0.05) is 18.9 Å². The highest BCUT2D eigenvalue weighted by molar-refractivity contribution is 6.11. The van der Waals surface area contributed by atoms with E-state index < -0.39 is 30.2 Å². The second-order valence-corrected chi connectivity index (χ2v) is 17.9. The second-order valence-electron chi connectivity index (χ2n) is 17.9. The van der Waals surface area contributed by atoms with Gasteiger partial charge in [-0.05, 0) is 93.5 Å². The smallest absolute Gasteiger partial charge is 0.264 e. The predicted molar refractivity (Wildman–Crippen MR) is 254 cm³/mol. The first-order valence-corrected chi connectivity index (χ1v) is 23.6. The molecule has 67 heavy (non-hydrogen) atoms. The summed E-state index contributed by atoms with van der Waals surface area (Å²) in [7, 11) is 1.73. The monoisotopic (exact) mass is 923 g/mol. The number of anilines is 2. The maximum Gasteiger partial charge on any atom is 0.264 e. The maximum atomic E-state index is 14.6. The first-order chi connectivity index (χ1) is 32.4. The predicted octanol–water partition coefficient (Wildman–Crippen LogP) is 5.54. The SMILES string of the molecule is CNCC(C=N)c1cc2c(cc1C(F)F)N(C(=N)C1=C(NC3CCN(C(=O)CCCCCCNc4ccc(C(=O)NC5CCC(=O)NC5=O)c5ncccc45)CC3)CCN(C(C)=O)C1)CCC2. The minimum absolute atomic E-state index is 0.0733. The molecule has 4 aliphatic rings. The summed E-state index contributed by atoms with van der Waals surface area (Å²) >= 11 is 0. The first kappa shape index (κ1) is 48.6. The number of rotatable bonds is 18. The second kappa shape index (κ2) is 22.5. The number of aromatic nitrogens is 1. The van der Waals surface area contributed by atoms with Crippen LogP contribution in [-0.4, -0.2) is 121 Å². The van der Waals surface area contributed by atoms with Gasteiger partial charge < -0.3 is 41.4 Å². The summed E-state index contributed by atoms with van der Waals surface area (Å²) in [6.07, 6.45) is 7.86. The van der Waals surface area contributed by atoms with Crippen molar-refractivity contribution in [3.8, 4) is 0 Å². The van der Waals surface area contributed by atoms with Gasteiger partial charge in [0, 0.05) is 123 Å². The van der Waals surface area contributed by atoms with Crippen LogP contribution in [0, 0.1) is 10.8 Å². The van der Waals surface area contributed by atoms with Crippen LogP contribution in [0.3, 0.4) is 0 Å². The highest BCUT2D eigenvalue weighted by atomic mass is 19.3. The molecule has 5 heterocycles. The fourth-order valence-electron chi connectivity index (χ4n) is 9.69. The molecule has 4 aliphatic heterocycles. The lowest BCUT2D eigenvalue weighted by Gasteiger charge is -2.39. The number of carbonyl (C=O) groups is 5. The number of nitrogens with zero attached hydrogens (tertiary/aromatic N) is 4. The van der Waals surface area contributed by atoms with Crippen molar-refractivity contribution in [1.29, 1.82) is 10.8 Å². The number of aryl methyl sites for hydroxylation is 1. The van der Waals surface area contributed by atoms with E-state index in [1.807, 2.05) is 17.0 Å². The minimum Gasteiger partial charge on any atom is -0.385 e. The summed E-state index contributed by atoms with van der Waals surface area (Å²) in [6, 6.07) is 9.79. The van der Waals surface area contributed by atoms with E-state index in [-0.39, 0.29) is 54.5 Å². The van der Waals surface area contributed by atoms with Crippen molar-refractivity contribution in [2.45, 2.75) is 108 Å². The van der Waals surface area contributed by atoms with Crippen molar-refractivity contribution in [2.75, 3.05) is 63.1 Å². The molecule has 2 aromatic carbocycles. The van der Waals surface area contributed by atoms with Gasteiger partial charge in [0.25, 0.3) is 12.3 Å². The molecular formula is C49H63F2N11O5. The number of unbranched alkanes of at least 4 members (excludes halogenated alkanes) is 3. The number of piperidine rings is 2. The molecule has 0 saturated carbocycles. The summed E-state index contributed by atoms with van der Waals surface area (Å²) in [6.45, 7) is 5.03. The lowest BCUT2D eigenvalue weighted by atomic mass is 9.88. The Morgan fingerprint density at radius 3 is 2.48 bits per heavy atom. The molecule has 0 aliphatic carbocycles. The Morgan fingerprint density at radius 1 is 0.955 bits per heavy atom. The van der Waals surface area contributed by atoms with Crippen molar-refractivity contribution in [1.82, 2.24) is 36.1 Å². The van der Waals surface area contributed by atoms with Gasteiger partial charge in [0.15, 0.2) is 0 Å². The lowest BCUT2D eigenvalue weighted by Crippen LogP contribution is -2.52. The Kier molecular flexibility index (Phi) is 16.3. The molecule has 1 aromatic heterocycles. The third-order valence-corrected chi connectivity index (χ3v) is 13.4. The summed E-state index contributed by atoms with van der Waals surface area (Å²) in [5, 5.41) is 33.4. The third-order valence-electron chi connectivity index (χ3n) is 13.4. The zero-order valence-electron chi connectivity index (χ0n) is 38.4. The van der Waals surface area contributed by atoms with E-state index in [1.165, 1.54) is 19.2 Å². The average Bonchev–Trinajstić information content (AvgIpc) is 3.33. The highest BCUT2D eigenvalue weighted by Gasteiger charge is 2.33. The standard InChI is InChI=1S/C49H63F2N11O5/c1-30(63)61-24-18-40(38(29-61)47(53)62-21-8-9-31-25-36(32(27-52)28-54-2)37(46(50)51)26-42(31)62)57-33-16-22-60(23-17-33)44(65)11-5-3-4-6-19-55-39-13-12-35(45-34(39)10-7-20-56-45)48(66)58-41-14-15-43(64)59-49(41)67/h7,10,12-13,20,25-27,32-33,41,46,52-55,57H,3-6,8-9,11,14-19,21-24,28-29H2,1-2H3,(H,58,66)(H,59,64,67). The summed E-state index contributed by atoms with van der Waals surface area (Å²) in [5.41, 5.74) is 4.99. The number of imide groups is 1. The molecule has 7 N–H and O–H groups in total. The number of alkyl halides is 2. The van der Waals surface area contributed by atoms with E-state index in [2.05, 4.69) is 31.6 Å². The van der Waals surface area contributed by atoms with Crippen LogP contribution in [-0.2, 0) is 25.6 Å². The van der Waals surface area contributed by atoms with Crippen molar-refractivity contribution in [3.63, 3.8) is 0 Å². The van der Waals surface area contributed by atoms with Gasteiger partial charge in [-0.3, -0.25) is 39.7 Å². The number of pyridine rings is 1. The molecule has 7 rings (SSSR count). The first-order valence-electron chi connectivity index (χ1n) is 23.6. The van der Waals surface area contributed by atoms with Gasteiger partial charge in [-0.15, -0.1) is 0 Å². The molecule has 16 nitrogen and oxygen atoms in total. The molecule has 2 atom stereocenters. The van der Waals surface area contributed by atoms with E-state index in [0.717, 1.165) is 67.3 Å². The zero-order valence-corrected chi connectivity index (χ0v) is 38.4. The van der Waals surface area contributed by atoms with Gasteiger partial charge in [0.05, 0.1) is 17.6 Å². The number of fused-ring (bicyclic) bond motifs is 2. The minimum atomic E-state index is -2.75. The molecular weight excluding hydrogens is 861 g/mol. The van der Waals surface area contributed by atoms with Crippen LogP contribution in [0.15, 0.2) is 53.9 Å². The quantitative estimate of drug-likeness (QED) is 0.0366. The van der Waals surface area contributed by atoms with Gasteiger partial charge in [0.1, 0.15) is 11.9 Å². The number of likely N-dealkylation sites (N-methyl/N-ethyl adjacent to an activating group) is 1. The summed E-state index contributed by atoms with van der Waals surface area (Å²) < 4.78 is 29.1. The topological polar surface area (TPSA) is 216 Å². The molecule has 2 saturated heterocycles.